The van der Waals surface area contributed by atoms with Crippen molar-refractivity contribution in [1.82, 2.24) is 5.43 Å². The quantitative estimate of drug-likeness (QED) is 0.894. The van der Waals surface area contributed by atoms with Gasteiger partial charge in [-0.2, -0.15) is 0 Å². The second-order valence-corrected chi connectivity index (χ2v) is 5.93. The molecule has 2 N–H and O–H groups in total. The molecule has 0 aromatic heterocycles. The van der Waals surface area contributed by atoms with Crippen LogP contribution >= 0.6 is 11.6 Å². The van der Waals surface area contributed by atoms with E-state index < -0.39 is 6.17 Å². The number of anilines is 2. The molecule has 2 aromatic carbocycles. The minimum atomic E-state index is -0.768. The van der Waals surface area contributed by atoms with E-state index >= 15 is 0 Å². The summed E-state index contributed by atoms with van der Waals surface area (Å²) in [5.74, 6) is -0.0328. The van der Waals surface area contributed by atoms with Gasteiger partial charge in [0, 0.05) is 10.7 Å². The van der Waals surface area contributed by atoms with Crippen LogP contribution in [0.25, 0.3) is 0 Å². The summed E-state index contributed by atoms with van der Waals surface area (Å²) in [7, 11) is 0. The summed E-state index contributed by atoms with van der Waals surface area (Å²) in [5, 5.41) is 5.05. The van der Waals surface area contributed by atoms with E-state index in [2.05, 4.69) is 15.7 Å². The topological polar surface area (TPSA) is 56.7 Å². The van der Waals surface area contributed by atoms with Crippen molar-refractivity contribution in [3.63, 3.8) is 0 Å². The zero-order valence-electron chi connectivity index (χ0n) is 13.2. The lowest BCUT2D eigenvalue weighted by molar-refractivity contribution is -0.117. The Morgan fingerprint density at radius 1 is 1.25 bits per heavy atom. The van der Waals surface area contributed by atoms with Crippen molar-refractivity contribution in [3.05, 3.63) is 58.9 Å². The number of hydrogen-bond donors (Lipinski definition) is 2. The maximum atomic E-state index is 13.2. The second-order valence-electron chi connectivity index (χ2n) is 5.49. The first-order valence-electron chi connectivity index (χ1n) is 7.37. The van der Waals surface area contributed by atoms with Gasteiger partial charge in [0.1, 0.15) is 11.7 Å². The Balaban J connectivity index is 1.82. The van der Waals surface area contributed by atoms with Crippen LogP contribution in [-0.4, -0.2) is 17.9 Å². The predicted molar refractivity (Wildman–Crippen MR) is 93.7 cm³/mol. The van der Waals surface area contributed by atoms with Gasteiger partial charge in [-0.3, -0.25) is 15.2 Å². The Kier molecular flexibility index (Phi) is 4.40. The molecule has 1 amide bonds. The molecular weight excluding hydrogens is 331 g/mol. The summed E-state index contributed by atoms with van der Waals surface area (Å²) < 4.78 is 13.2. The normalized spacial score (nSPS) is 16.6. The van der Waals surface area contributed by atoms with Crippen molar-refractivity contribution in [2.75, 3.05) is 10.3 Å². The summed E-state index contributed by atoms with van der Waals surface area (Å²) >= 11 is 5.91. The molecule has 24 heavy (non-hydrogen) atoms. The second kappa shape index (κ2) is 6.49. The minimum Gasteiger partial charge on any atom is -0.322 e. The summed E-state index contributed by atoms with van der Waals surface area (Å²) in [6.45, 7) is 3.51. The number of amidine groups is 1. The largest absolute Gasteiger partial charge is 0.322 e. The number of benzene rings is 2. The van der Waals surface area contributed by atoms with Gasteiger partial charge in [-0.05, 0) is 61.9 Å². The van der Waals surface area contributed by atoms with Crippen LogP contribution in [0.4, 0.5) is 15.8 Å². The lowest BCUT2D eigenvalue weighted by atomic mass is 10.2. The first-order chi connectivity index (χ1) is 11.4. The maximum Gasteiger partial charge on any atom is 0.271 e. The fourth-order valence-electron chi connectivity index (χ4n) is 2.45. The van der Waals surface area contributed by atoms with E-state index in [4.69, 9.17) is 11.6 Å². The molecule has 0 aliphatic carbocycles. The molecule has 2 aromatic rings. The number of hydrazine groups is 1. The zero-order chi connectivity index (χ0) is 17.3. The van der Waals surface area contributed by atoms with Gasteiger partial charge >= 0.3 is 0 Å². The SMILES string of the molecule is CC1=NC(C(=O)Nc2ccc(F)cc2C)N(c2ccc(Cl)cc2)N1. The molecule has 0 spiro atoms. The van der Waals surface area contributed by atoms with E-state index in [0.29, 0.717) is 22.1 Å². The van der Waals surface area contributed by atoms with E-state index in [1.54, 1.807) is 43.1 Å². The molecule has 3 rings (SSSR count). The molecule has 1 atom stereocenters. The third kappa shape index (κ3) is 3.33. The molecule has 0 saturated heterocycles. The number of nitrogens with one attached hydrogen (secondary N) is 2. The first-order valence-corrected chi connectivity index (χ1v) is 7.75. The summed E-state index contributed by atoms with van der Waals surface area (Å²) in [4.78, 5) is 17.0. The third-order valence-electron chi connectivity index (χ3n) is 3.63. The number of halogens is 2. The Morgan fingerprint density at radius 2 is 1.96 bits per heavy atom. The molecule has 1 aliphatic rings. The lowest BCUT2D eigenvalue weighted by Gasteiger charge is -2.24. The summed E-state index contributed by atoms with van der Waals surface area (Å²) in [5.41, 5.74) is 5.01. The van der Waals surface area contributed by atoms with Crippen LogP contribution in [-0.2, 0) is 4.79 Å². The predicted octanol–water partition coefficient (Wildman–Crippen LogP) is 3.50. The number of carbonyl (C=O) groups excluding carboxylic acids is 1. The van der Waals surface area contributed by atoms with Crippen LogP contribution in [0.15, 0.2) is 47.5 Å². The fourth-order valence-corrected chi connectivity index (χ4v) is 2.58. The van der Waals surface area contributed by atoms with Crippen molar-refractivity contribution in [3.8, 4) is 0 Å². The van der Waals surface area contributed by atoms with Crippen molar-refractivity contribution >= 4 is 34.7 Å². The fraction of sp³-hybridized carbons (Fsp3) is 0.176. The molecule has 0 radical (unpaired) electrons. The molecule has 7 heteroatoms. The highest BCUT2D eigenvalue weighted by Gasteiger charge is 2.31. The molecule has 5 nitrogen and oxygen atoms in total. The van der Waals surface area contributed by atoms with Gasteiger partial charge < -0.3 is 5.32 Å². The molecular formula is C17H16ClFN4O. The Hall–Kier alpha value is -2.60. The van der Waals surface area contributed by atoms with Gasteiger partial charge in [-0.1, -0.05) is 11.6 Å². The van der Waals surface area contributed by atoms with Gasteiger partial charge in [-0.25, -0.2) is 9.38 Å². The van der Waals surface area contributed by atoms with Crippen LogP contribution in [0.5, 0.6) is 0 Å². The third-order valence-corrected chi connectivity index (χ3v) is 3.88. The van der Waals surface area contributed by atoms with E-state index in [0.717, 1.165) is 5.69 Å². The van der Waals surface area contributed by atoms with Crippen LogP contribution in [0.1, 0.15) is 12.5 Å². The van der Waals surface area contributed by atoms with Crippen molar-refractivity contribution < 1.29 is 9.18 Å². The lowest BCUT2D eigenvalue weighted by Crippen LogP contribution is -2.46. The van der Waals surface area contributed by atoms with Crippen LogP contribution < -0.4 is 15.8 Å². The van der Waals surface area contributed by atoms with Crippen molar-refractivity contribution in [1.29, 1.82) is 0 Å². The standard InChI is InChI=1S/C17H16ClFN4O/c1-10-9-13(19)5-8-15(10)21-17(24)16-20-11(2)22-23(16)14-6-3-12(18)4-7-14/h3-9,16H,1-2H3,(H,20,22)(H,21,24). The van der Waals surface area contributed by atoms with Gasteiger partial charge in [0.05, 0.1) is 5.69 Å². The molecule has 0 fully saturated rings. The molecule has 0 saturated carbocycles. The van der Waals surface area contributed by atoms with Gasteiger partial charge in [0.25, 0.3) is 5.91 Å². The smallest absolute Gasteiger partial charge is 0.271 e. The van der Waals surface area contributed by atoms with Crippen LogP contribution in [0.2, 0.25) is 5.02 Å². The first kappa shape index (κ1) is 16.3. The molecule has 1 aliphatic heterocycles. The average molecular weight is 347 g/mol. The van der Waals surface area contributed by atoms with E-state index in [1.807, 2.05) is 0 Å². The number of carbonyl (C=O) groups is 1. The highest BCUT2D eigenvalue weighted by molar-refractivity contribution is 6.30. The van der Waals surface area contributed by atoms with Crippen LogP contribution in [0, 0.1) is 12.7 Å². The highest BCUT2D eigenvalue weighted by Crippen LogP contribution is 2.23. The number of hydrogen-bond acceptors (Lipinski definition) is 4. The maximum absolute atomic E-state index is 13.2. The zero-order valence-corrected chi connectivity index (χ0v) is 13.9. The van der Waals surface area contributed by atoms with Gasteiger partial charge in [-0.15, -0.1) is 0 Å². The van der Waals surface area contributed by atoms with Gasteiger partial charge in [0.2, 0.25) is 6.17 Å². The number of amides is 1. The molecule has 1 unspecified atom stereocenters. The Bertz CT molecular complexity index is 807. The van der Waals surface area contributed by atoms with E-state index in [-0.39, 0.29) is 11.7 Å². The molecule has 1 heterocycles. The minimum absolute atomic E-state index is 0.316. The van der Waals surface area contributed by atoms with Crippen LogP contribution in [0.3, 0.4) is 0 Å². The summed E-state index contributed by atoms with van der Waals surface area (Å²) in [6, 6.07) is 11.3. The molecule has 0 bridgehead atoms. The van der Waals surface area contributed by atoms with E-state index in [1.165, 1.54) is 18.2 Å². The van der Waals surface area contributed by atoms with Crippen molar-refractivity contribution in [2.24, 2.45) is 4.99 Å². The Labute approximate surface area is 144 Å². The van der Waals surface area contributed by atoms with Gasteiger partial charge in [0.15, 0.2) is 0 Å². The number of aliphatic imine (C=N–C) groups is 1. The number of rotatable bonds is 3. The summed E-state index contributed by atoms with van der Waals surface area (Å²) in [6.07, 6.45) is -0.768. The van der Waals surface area contributed by atoms with E-state index in [9.17, 15) is 9.18 Å². The number of nitrogens with zero attached hydrogens (tertiary/aromatic N) is 2. The van der Waals surface area contributed by atoms with Crippen molar-refractivity contribution in [2.45, 2.75) is 20.0 Å². The monoisotopic (exact) mass is 346 g/mol. The average Bonchev–Trinajstić information content (AvgIpc) is 2.93. The Morgan fingerprint density at radius 3 is 2.62 bits per heavy atom. The highest BCUT2D eigenvalue weighted by atomic mass is 35.5. The number of aryl methyl sites for hydroxylation is 1. The molecule has 124 valence electrons.